The van der Waals surface area contributed by atoms with Crippen LogP contribution in [0.25, 0.3) is 0 Å². The average molecular weight is 253 g/mol. The molecule has 5 heteroatoms. The number of para-hydroxylation sites is 1. The number of nitriles is 1. The molecule has 0 amide bonds. The summed E-state index contributed by atoms with van der Waals surface area (Å²) in [7, 11) is 1.83. The summed E-state index contributed by atoms with van der Waals surface area (Å²) >= 11 is 0. The number of nitrogens with zero attached hydrogens (tertiary/aromatic N) is 3. The second kappa shape index (κ2) is 5.83. The Morgan fingerprint density at radius 2 is 1.95 bits per heavy atom. The van der Waals surface area contributed by atoms with Crippen LogP contribution in [0.1, 0.15) is 18.1 Å². The molecule has 0 spiro atoms. The van der Waals surface area contributed by atoms with Crippen LogP contribution in [0.2, 0.25) is 0 Å². The molecule has 0 unspecified atom stereocenters. The smallest absolute Gasteiger partial charge is 0.139 e. The van der Waals surface area contributed by atoms with Gasteiger partial charge in [-0.05, 0) is 18.6 Å². The number of aromatic nitrogens is 2. The van der Waals surface area contributed by atoms with Gasteiger partial charge in [0.1, 0.15) is 24.0 Å². The Kier molecular flexibility index (Phi) is 3.94. The van der Waals surface area contributed by atoms with Crippen LogP contribution in [0.4, 0.5) is 17.3 Å². The largest absolute Gasteiger partial charge is 0.373 e. The maximum Gasteiger partial charge on any atom is 0.139 e. The first-order valence-corrected chi connectivity index (χ1v) is 6.08. The Balaban J connectivity index is 2.41. The number of nitrogens with one attached hydrogen (secondary N) is 2. The van der Waals surface area contributed by atoms with Gasteiger partial charge in [-0.2, -0.15) is 5.26 Å². The number of hydrogen-bond donors (Lipinski definition) is 2. The molecule has 0 atom stereocenters. The Morgan fingerprint density at radius 3 is 2.63 bits per heavy atom. The van der Waals surface area contributed by atoms with Crippen molar-refractivity contribution in [1.82, 2.24) is 9.97 Å². The van der Waals surface area contributed by atoms with Crippen molar-refractivity contribution in [2.24, 2.45) is 0 Å². The van der Waals surface area contributed by atoms with E-state index in [1.54, 1.807) is 6.07 Å². The van der Waals surface area contributed by atoms with Crippen LogP contribution in [-0.4, -0.2) is 17.0 Å². The fraction of sp³-hybridized carbons (Fsp3) is 0.214. The summed E-state index contributed by atoms with van der Waals surface area (Å²) in [6, 6.07) is 9.51. The molecule has 0 radical (unpaired) electrons. The molecule has 5 nitrogen and oxygen atoms in total. The molecule has 2 rings (SSSR count). The Morgan fingerprint density at radius 1 is 1.21 bits per heavy atom. The summed E-state index contributed by atoms with van der Waals surface area (Å²) < 4.78 is 0. The maximum absolute atomic E-state index is 9.09. The van der Waals surface area contributed by atoms with Crippen molar-refractivity contribution in [3.63, 3.8) is 0 Å². The van der Waals surface area contributed by atoms with E-state index < -0.39 is 0 Å². The Hall–Kier alpha value is -2.61. The van der Waals surface area contributed by atoms with E-state index in [4.69, 9.17) is 5.26 Å². The topological polar surface area (TPSA) is 73.6 Å². The molecule has 0 aliphatic carbocycles. The van der Waals surface area contributed by atoms with Crippen LogP contribution >= 0.6 is 0 Å². The summed E-state index contributed by atoms with van der Waals surface area (Å²) in [5.74, 6) is 1.53. The highest BCUT2D eigenvalue weighted by atomic mass is 15.1. The van der Waals surface area contributed by atoms with E-state index in [1.165, 1.54) is 6.33 Å². The van der Waals surface area contributed by atoms with Gasteiger partial charge >= 0.3 is 0 Å². The van der Waals surface area contributed by atoms with Crippen molar-refractivity contribution in [2.75, 3.05) is 17.7 Å². The molecular weight excluding hydrogens is 238 g/mol. The van der Waals surface area contributed by atoms with Gasteiger partial charge in [0, 0.05) is 12.6 Å². The van der Waals surface area contributed by atoms with Gasteiger partial charge in [-0.1, -0.05) is 19.1 Å². The van der Waals surface area contributed by atoms with Crippen molar-refractivity contribution in [3.05, 3.63) is 41.7 Å². The fourth-order valence-electron chi connectivity index (χ4n) is 1.89. The van der Waals surface area contributed by atoms with Crippen LogP contribution in [0.5, 0.6) is 0 Å². The molecule has 1 aromatic heterocycles. The molecule has 0 saturated carbocycles. The minimum absolute atomic E-state index is 0.592. The van der Waals surface area contributed by atoms with E-state index >= 15 is 0 Å². The second-order valence-corrected chi connectivity index (χ2v) is 3.94. The molecule has 0 aliphatic rings. The number of rotatable bonds is 4. The van der Waals surface area contributed by atoms with Crippen LogP contribution in [-0.2, 0) is 6.42 Å². The summed E-state index contributed by atoms with van der Waals surface area (Å²) in [5.41, 5.74) is 2.34. The van der Waals surface area contributed by atoms with Crippen molar-refractivity contribution in [3.8, 4) is 6.07 Å². The summed E-state index contributed by atoms with van der Waals surface area (Å²) in [6.45, 7) is 2.04. The van der Waals surface area contributed by atoms with E-state index in [-0.39, 0.29) is 0 Å². The molecular formula is C14H15N5. The third kappa shape index (κ3) is 2.63. The van der Waals surface area contributed by atoms with Gasteiger partial charge in [0.15, 0.2) is 0 Å². The van der Waals surface area contributed by atoms with Gasteiger partial charge in [0.25, 0.3) is 0 Å². The molecule has 1 heterocycles. The summed E-state index contributed by atoms with van der Waals surface area (Å²) in [4.78, 5) is 8.44. The molecule has 2 aromatic rings. The van der Waals surface area contributed by atoms with E-state index in [9.17, 15) is 0 Å². The molecule has 2 N–H and O–H groups in total. The van der Waals surface area contributed by atoms with Gasteiger partial charge < -0.3 is 10.6 Å². The highest BCUT2D eigenvalue weighted by Gasteiger charge is 2.10. The quantitative estimate of drug-likeness (QED) is 0.876. The third-order valence-electron chi connectivity index (χ3n) is 2.84. The van der Waals surface area contributed by atoms with Gasteiger partial charge in [-0.15, -0.1) is 0 Å². The number of hydrogen-bond acceptors (Lipinski definition) is 5. The fourth-order valence-corrected chi connectivity index (χ4v) is 1.89. The molecule has 0 saturated heterocycles. The molecule has 96 valence electrons. The minimum atomic E-state index is 0.592. The van der Waals surface area contributed by atoms with Crippen LogP contribution < -0.4 is 10.6 Å². The molecule has 19 heavy (non-hydrogen) atoms. The minimum Gasteiger partial charge on any atom is -0.373 e. The lowest BCUT2D eigenvalue weighted by Gasteiger charge is -2.13. The summed E-state index contributed by atoms with van der Waals surface area (Å²) in [5, 5.41) is 15.3. The zero-order valence-electron chi connectivity index (χ0n) is 10.9. The van der Waals surface area contributed by atoms with Crippen molar-refractivity contribution in [1.29, 1.82) is 5.26 Å². The third-order valence-corrected chi connectivity index (χ3v) is 2.84. The number of anilines is 3. The Bertz CT molecular complexity index is 615. The van der Waals surface area contributed by atoms with Crippen molar-refractivity contribution in [2.45, 2.75) is 13.3 Å². The van der Waals surface area contributed by atoms with Gasteiger partial charge in [-0.25, -0.2) is 9.97 Å². The second-order valence-electron chi connectivity index (χ2n) is 3.94. The van der Waals surface area contributed by atoms with Crippen LogP contribution in [0.15, 0.2) is 30.6 Å². The lowest BCUT2D eigenvalue weighted by molar-refractivity contribution is 1.05. The van der Waals surface area contributed by atoms with Gasteiger partial charge in [0.05, 0.1) is 11.3 Å². The molecule has 0 fully saturated rings. The van der Waals surface area contributed by atoms with Gasteiger partial charge in [-0.3, -0.25) is 0 Å². The van der Waals surface area contributed by atoms with E-state index in [0.717, 1.165) is 29.3 Å². The first-order chi connectivity index (χ1) is 9.30. The standard InChI is InChI=1S/C14H15N5/c1-3-11-13(16-2)17-9-18-14(11)19-12-7-5-4-6-10(12)8-15/h4-7,9H,3H2,1-2H3,(H2,16,17,18,19). The molecule has 0 bridgehead atoms. The van der Waals surface area contributed by atoms with E-state index in [0.29, 0.717) is 5.56 Å². The van der Waals surface area contributed by atoms with Crippen molar-refractivity contribution < 1.29 is 0 Å². The first kappa shape index (κ1) is 12.8. The lowest BCUT2D eigenvalue weighted by atomic mass is 10.1. The maximum atomic E-state index is 9.09. The van der Waals surface area contributed by atoms with Crippen LogP contribution in [0, 0.1) is 11.3 Å². The van der Waals surface area contributed by atoms with E-state index in [2.05, 4.69) is 26.7 Å². The average Bonchev–Trinajstić information content (AvgIpc) is 2.47. The lowest BCUT2D eigenvalue weighted by Crippen LogP contribution is -2.05. The normalized spacial score (nSPS) is 9.74. The highest BCUT2D eigenvalue weighted by molar-refractivity contribution is 5.69. The summed E-state index contributed by atoms with van der Waals surface area (Å²) in [6.07, 6.45) is 2.30. The van der Waals surface area contributed by atoms with Gasteiger partial charge in [0.2, 0.25) is 0 Å². The van der Waals surface area contributed by atoms with Crippen LogP contribution in [0.3, 0.4) is 0 Å². The van der Waals surface area contributed by atoms with E-state index in [1.807, 2.05) is 32.2 Å². The molecule has 0 aliphatic heterocycles. The van der Waals surface area contributed by atoms with Crippen molar-refractivity contribution >= 4 is 17.3 Å². The monoisotopic (exact) mass is 253 g/mol. The highest BCUT2D eigenvalue weighted by Crippen LogP contribution is 2.25. The zero-order valence-corrected chi connectivity index (χ0v) is 10.9. The predicted octanol–water partition coefficient (Wildman–Crippen LogP) is 2.70. The number of benzene rings is 1. The SMILES string of the molecule is CCc1c(NC)ncnc1Nc1ccccc1C#N. The molecule has 1 aromatic carbocycles. The predicted molar refractivity (Wildman–Crippen MR) is 75.4 cm³/mol. The zero-order chi connectivity index (χ0) is 13.7. The first-order valence-electron chi connectivity index (χ1n) is 6.08. The Labute approximate surface area is 112 Å².